The Balaban J connectivity index is 1.15. The molecule has 5 N–H and O–H groups in total. The van der Waals surface area contributed by atoms with Gasteiger partial charge in [0.15, 0.2) is 11.7 Å². The number of aromatic nitrogens is 2. The quantitative estimate of drug-likeness (QED) is 0.114. The van der Waals surface area contributed by atoms with Crippen molar-refractivity contribution in [2.24, 2.45) is 39.4 Å². The van der Waals surface area contributed by atoms with Crippen molar-refractivity contribution >= 4 is 58.4 Å². The molecule has 0 aliphatic carbocycles. The lowest BCUT2D eigenvalue weighted by atomic mass is 9.88. The molecule has 58 heavy (non-hydrogen) atoms. The Kier molecular flexibility index (Phi) is 15.9. The maximum atomic E-state index is 13.8. The Morgan fingerprint density at radius 2 is 1.84 bits per heavy atom. The van der Waals surface area contributed by atoms with Crippen LogP contribution >= 0.6 is 0 Å². The Morgan fingerprint density at radius 3 is 2.48 bits per heavy atom. The van der Waals surface area contributed by atoms with Gasteiger partial charge in [0, 0.05) is 70.5 Å². The van der Waals surface area contributed by atoms with E-state index in [0.717, 1.165) is 74.5 Å². The van der Waals surface area contributed by atoms with Gasteiger partial charge in [-0.15, -0.1) is 0 Å². The summed E-state index contributed by atoms with van der Waals surface area (Å²) in [4.78, 5) is 41.8. The fourth-order valence-corrected chi connectivity index (χ4v) is 9.05. The lowest BCUT2D eigenvalue weighted by Crippen LogP contribution is -2.39. The molecule has 2 unspecified atom stereocenters. The SMILES string of the molecule is CNC(=O)N(CCC=O)c1nn(C)c2cc(C3CCN(CC(C)Cc4cc(S(=O)N5CCC(N=C/C(=C/N)C(N=CN)=NC(C)C)CC5)ccc4C#N)CC3)ccc12. The monoisotopic (exact) mass is 810 g/mol. The molecule has 0 radical (unpaired) electrons. The Morgan fingerprint density at radius 1 is 1.10 bits per heavy atom. The highest BCUT2D eigenvalue weighted by Crippen LogP contribution is 2.34. The lowest BCUT2D eigenvalue weighted by molar-refractivity contribution is -0.107. The third-order valence-corrected chi connectivity index (χ3v) is 12.2. The Bertz CT molecular complexity index is 2090. The minimum Gasteiger partial charge on any atom is -0.404 e. The van der Waals surface area contributed by atoms with E-state index in [0.29, 0.717) is 52.6 Å². The number of carbonyl (C=O) groups excluding carboxylic acids is 2. The fraction of sp³-hybridized carbons (Fsp3) is 0.500. The summed E-state index contributed by atoms with van der Waals surface area (Å²) >= 11 is 0. The molecule has 5 rings (SSSR count). The smallest absolute Gasteiger partial charge is 0.322 e. The first-order valence-corrected chi connectivity index (χ1v) is 21.2. The number of amides is 2. The number of aliphatic imine (C=N–C) groups is 3. The molecule has 2 fully saturated rings. The van der Waals surface area contributed by atoms with Gasteiger partial charge >= 0.3 is 6.03 Å². The molecule has 16 heteroatoms. The second kappa shape index (κ2) is 21.0. The van der Waals surface area contributed by atoms with Gasteiger partial charge < -0.3 is 26.5 Å². The number of nitrogens with zero attached hydrogens (tertiary/aromatic N) is 9. The molecular formula is C42H58N12O3S. The first-order chi connectivity index (χ1) is 28.0. The summed E-state index contributed by atoms with van der Waals surface area (Å²) in [5, 5.41) is 18.2. The maximum Gasteiger partial charge on any atom is 0.322 e. The number of aldehydes is 1. The van der Waals surface area contributed by atoms with Gasteiger partial charge in [-0.1, -0.05) is 13.0 Å². The van der Waals surface area contributed by atoms with E-state index in [9.17, 15) is 19.1 Å². The van der Waals surface area contributed by atoms with Gasteiger partial charge in [0.1, 0.15) is 17.3 Å². The number of nitriles is 1. The molecule has 2 atom stereocenters. The van der Waals surface area contributed by atoms with E-state index < -0.39 is 11.0 Å². The molecule has 15 nitrogen and oxygen atoms in total. The molecule has 0 bridgehead atoms. The zero-order valence-corrected chi connectivity index (χ0v) is 35.2. The van der Waals surface area contributed by atoms with Gasteiger partial charge in [0.05, 0.1) is 40.0 Å². The second-order valence-corrected chi connectivity index (χ2v) is 16.8. The molecule has 2 aliphatic rings. The van der Waals surface area contributed by atoms with Crippen LogP contribution in [0.15, 0.2) is 68.0 Å². The van der Waals surface area contributed by atoms with E-state index >= 15 is 0 Å². The van der Waals surface area contributed by atoms with Crippen LogP contribution in [0.5, 0.6) is 0 Å². The number of nitrogens with one attached hydrogen (secondary N) is 1. The van der Waals surface area contributed by atoms with Crippen molar-refractivity contribution in [1.29, 1.82) is 5.26 Å². The van der Waals surface area contributed by atoms with Crippen LogP contribution in [-0.2, 0) is 29.2 Å². The standard InChI is InChI=1S/C42H58N12O3S/c1-29(2)49-40(48-28-45)35(25-44)26-47-36-13-18-53(19-14-36)58(57)37-9-7-33(24-43)34(22-37)21-30(3)27-52-16-11-31(12-17-52)32-8-10-38-39(23-32)51(5)50-41(38)54(15-6-20-55)42(56)46-4/h7-10,20,22-23,25-26,28-31,36H,6,11-19,21,27,44H2,1-5H3,(H,46,56)(H2,45,48,49)/b35-25-,47-26?. The normalized spacial score (nSPS) is 17.9. The van der Waals surface area contributed by atoms with Crippen LogP contribution in [0.1, 0.15) is 75.5 Å². The summed E-state index contributed by atoms with van der Waals surface area (Å²) in [6.07, 6.45) is 9.61. The van der Waals surface area contributed by atoms with Crippen molar-refractivity contribution < 1.29 is 13.8 Å². The topological polar surface area (TPSA) is 204 Å². The number of fused-ring (bicyclic) bond motifs is 1. The molecule has 2 saturated heterocycles. The molecule has 0 saturated carbocycles. The van der Waals surface area contributed by atoms with Gasteiger partial charge in [-0.05, 0) is 112 Å². The number of anilines is 1. The van der Waals surface area contributed by atoms with Crippen molar-refractivity contribution in [1.82, 2.24) is 24.3 Å². The molecule has 3 aromatic rings. The number of nitrogens with two attached hydrogens (primary N) is 2. The van der Waals surface area contributed by atoms with Crippen LogP contribution in [-0.4, -0.2) is 112 Å². The summed E-state index contributed by atoms with van der Waals surface area (Å²) in [6, 6.07) is 14.1. The second-order valence-electron chi connectivity index (χ2n) is 15.3. The zero-order chi connectivity index (χ0) is 41.8. The van der Waals surface area contributed by atoms with E-state index in [1.54, 1.807) is 17.9 Å². The summed E-state index contributed by atoms with van der Waals surface area (Å²) in [5.41, 5.74) is 15.7. The molecule has 310 valence electrons. The van der Waals surface area contributed by atoms with Gasteiger partial charge in [-0.2, -0.15) is 10.4 Å². The number of hydrogen-bond donors (Lipinski definition) is 3. The summed E-state index contributed by atoms with van der Waals surface area (Å²) in [7, 11) is 2.10. The molecular weight excluding hydrogens is 753 g/mol. The van der Waals surface area contributed by atoms with Crippen molar-refractivity contribution in [3.05, 3.63) is 64.9 Å². The van der Waals surface area contributed by atoms with Gasteiger partial charge in [0.25, 0.3) is 0 Å². The molecule has 3 heterocycles. The van der Waals surface area contributed by atoms with E-state index in [1.807, 2.05) is 49.5 Å². The average Bonchev–Trinajstić information content (AvgIpc) is 3.55. The predicted octanol–water partition coefficient (Wildman–Crippen LogP) is 4.43. The number of urea groups is 1. The fourth-order valence-electron chi connectivity index (χ4n) is 7.78. The molecule has 1 aromatic heterocycles. The third kappa shape index (κ3) is 11.0. The van der Waals surface area contributed by atoms with Gasteiger partial charge in [-0.3, -0.25) is 19.6 Å². The largest absolute Gasteiger partial charge is 0.404 e. The summed E-state index contributed by atoms with van der Waals surface area (Å²) < 4.78 is 17.6. The van der Waals surface area contributed by atoms with Gasteiger partial charge in [0.2, 0.25) is 0 Å². The maximum absolute atomic E-state index is 13.8. The number of piperidine rings is 2. The first-order valence-electron chi connectivity index (χ1n) is 20.1. The van der Waals surface area contributed by atoms with Crippen LogP contribution in [0, 0.1) is 17.2 Å². The summed E-state index contributed by atoms with van der Waals surface area (Å²) in [5.74, 6) is 1.68. The number of aryl methyl sites for hydroxylation is 1. The van der Waals surface area contributed by atoms with Crippen molar-refractivity contribution in [3.63, 3.8) is 0 Å². The predicted molar refractivity (Wildman–Crippen MR) is 233 cm³/mol. The van der Waals surface area contributed by atoms with Crippen LogP contribution < -0.4 is 21.7 Å². The van der Waals surface area contributed by atoms with Crippen molar-refractivity contribution in [2.45, 2.75) is 82.2 Å². The van der Waals surface area contributed by atoms with Crippen molar-refractivity contribution in [2.75, 3.05) is 51.2 Å². The van der Waals surface area contributed by atoms with E-state index in [2.05, 4.69) is 50.4 Å². The highest BCUT2D eigenvalue weighted by Gasteiger charge is 2.27. The van der Waals surface area contributed by atoms with Crippen LogP contribution in [0.3, 0.4) is 0 Å². The zero-order valence-electron chi connectivity index (χ0n) is 34.4. The van der Waals surface area contributed by atoms with E-state index in [1.165, 1.54) is 23.0 Å². The third-order valence-electron chi connectivity index (χ3n) is 10.7. The highest BCUT2D eigenvalue weighted by molar-refractivity contribution is 7.82. The number of carbonyl (C=O) groups is 2. The number of likely N-dealkylation sites (tertiary alicyclic amines) is 1. The molecule has 2 amide bonds. The average molecular weight is 811 g/mol. The Labute approximate surface area is 344 Å². The first kappa shape index (κ1) is 43.9. The molecule has 2 aromatic carbocycles. The highest BCUT2D eigenvalue weighted by atomic mass is 32.2. The number of amidine groups is 1. The van der Waals surface area contributed by atoms with E-state index in [4.69, 9.17) is 16.5 Å². The van der Waals surface area contributed by atoms with Crippen LogP contribution in [0.2, 0.25) is 0 Å². The molecule has 0 spiro atoms. The lowest BCUT2D eigenvalue weighted by Gasteiger charge is -2.34. The minimum absolute atomic E-state index is 0.0198. The van der Waals surface area contributed by atoms with Gasteiger partial charge in [-0.25, -0.2) is 18.3 Å². The number of hydrogen-bond acceptors (Lipinski definition) is 9. The van der Waals surface area contributed by atoms with Crippen LogP contribution in [0.4, 0.5) is 10.6 Å². The van der Waals surface area contributed by atoms with Crippen molar-refractivity contribution in [3.8, 4) is 6.07 Å². The van der Waals surface area contributed by atoms with E-state index in [-0.39, 0.29) is 31.1 Å². The number of benzene rings is 2. The minimum atomic E-state index is -1.36. The number of rotatable bonds is 15. The molecule has 2 aliphatic heterocycles. The summed E-state index contributed by atoms with van der Waals surface area (Å²) in [6.45, 7) is 10.5. The Hall–Kier alpha value is -5.24. The van der Waals surface area contributed by atoms with Crippen LogP contribution in [0.25, 0.3) is 10.9 Å².